The third-order valence-electron chi connectivity index (χ3n) is 2.98. The molecule has 0 amide bonds. The lowest BCUT2D eigenvalue weighted by Gasteiger charge is -2.12. The number of aliphatic hydroxyl groups is 1. The minimum absolute atomic E-state index is 0.0420. The van der Waals surface area contributed by atoms with Crippen LogP contribution in [0.3, 0.4) is 0 Å². The Balaban J connectivity index is 0.00000127. The van der Waals surface area contributed by atoms with Crippen molar-refractivity contribution in [2.24, 2.45) is 0 Å². The van der Waals surface area contributed by atoms with E-state index in [0.717, 1.165) is 7.11 Å². The van der Waals surface area contributed by atoms with Crippen LogP contribution >= 0.6 is 0 Å². The van der Waals surface area contributed by atoms with E-state index in [4.69, 9.17) is 14.6 Å². The monoisotopic (exact) mass is 319 g/mol. The molecule has 0 fully saturated rings. The van der Waals surface area contributed by atoms with E-state index in [1.54, 1.807) is 30.3 Å². The van der Waals surface area contributed by atoms with E-state index in [9.17, 15) is 14.9 Å². The SMILES string of the molecule is CO.COc1ccc([N+](=O)[O-])c(OC)c1C(=O)c1ccccc1. The van der Waals surface area contributed by atoms with Gasteiger partial charge in [0.15, 0.2) is 0 Å². The molecule has 0 aromatic heterocycles. The average molecular weight is 319 g/mol. The number of rotatable bonds is 5. The fourth-order valence-corrected chi connectivity index (χ4v) is 2.02. The van der Waals surface area contributed by atoms with Gasteiger partial charge in [-0.25, -0.2) is 0 Å². The van der Waals surface area contributed by atoms with E-state index in [-0.39, 0.29) is 22.7 Å². The highest BCUT2D eigenvalue weighted by Crippen LogP contribution is 2.38. The van der Waals surface area contributed by atoms with Crippen molar-refractivity contribution in [2.75, 3.05) is 21.3 Å². The lowest BCUT2D eigenvalue weighted by atomic mass is 10.0. The van der Waals surface area contributed by atoms with Crippen molar-refractivity contribution in [2.45, 2.75) is 0 Å². The van der Waals surface area contributed by atoms with E-state index in [1.165, 1.54) is 26.4 Å². The molecule has 0 spiro atoms. The van der Waals surface area contributed by atoms with Crippen LogP contribution in [0.5, 0.6) is 11.5 Å². The van der Waals surface area contributed by atoms with Gasteiger partial charge in [0, 0.05) is 18.7 Å². The van der Waals surface area contributed by atoms with Crippen molar-refractivity contribution in [1.29, 1.82) is 0 Å². The number of nitro benzene ring substituents is 1. The molecular formula is C16H17NO6. The second-order valence-electron chi connectivity index (χ2n) is 4.15. The predicted octanol–water partition coefficient (Wildman–Crippen LogP) is 2.45. The van der Waals surface area contributed by atoms with Gasteiger partial charge in [0.25, 0.3) is 0 Å². The largest absolute Gasteiger partial charge is 0.496 e. The number of hydrogen-bond acceptors (Lipinski definition) is 6. The minimum Gasteiger partial charge on any atom is -0.496 e. The Morgan fingerprint density at radius 1 is 1.04 bits per heavy atom. The molecule has 0 bridgehead atoms. The first kappa shape index (κ1) is 18.1. The summed E-state index contributed by atoms with van der Waals surface area (Å²) in [5.74, 6) is -0.271. The summed E-state index contributed by atoms with van der Waals surface area (Å²) >= 11 is 0. The smallest absolute Gasteiger partial charge is 0.311 e. The molecule has 0 saturated heterocycles. The van der Waals surface area contributed by atoms with Crippen LogP contribution in [0.15, 0.2) is 42.5 Å². The van der Waals surface area contributed by atoms with Crippen molar-refractivity contribution < 1.29 is 24.3 Å². The fourth-order valence-electron chi connectivity index (χ4n) is 2.02. The molecule has 0 aliphatic carbocycles. The Labute approximate surface area is 133 Å². The molecule has 122 valence electrons. The molecule has 7 nitrogen and oxygen atoms in total. The fraction of sp³-hybridized carbons (Fsp3) is 0.188. The summed E-state index contributed by atoms with van der Waals surface area (Å²) < 4.78 is 10.2. The standard InChI is InChI=1S/C15H13NO5.CH4O/c1-20-12-9-8-11(16(18)19)15(21-2)13(12)14(17)10-6-4-3-5-7-10;1-2/h3-9H,1-2H3;2H,1H3. The highest BCUT2D eigenvalue weighted by atomic mass is 16.6. The van der Waals surface area contributed by atoms with E-state index >= 15 is 0 Å². The number of carbonyl (C=O) groups is 1. The summed E-state index contributed by atoms with van der Waals surface area (Å²) in [5, 5.41) is 18.1. The lowest BCUT2D eigenvalue weighted by Crippen LogP contribution is -2.08. The Morgan fingerprint density at radius 2 is 1.65 bits per heavy atom. The van der Waals surface area contributed by atoms with Gasteiger partial charge >= 0.3 is 5.69 Å². The summed E-state index contributed by atoms with van der Waals surface area (Å²) in [7, 11) is 3.67. The number of nitrogens with zero attached hydrogens (tertiary/aromatic N) is 1. The Morgan fingerprint density at radius 3 is 2.13 bits per heavy atom. The van der Waals surface area contributed by atoms with Crippen LogP contribution in [0.1, 0.15) is 15.9 Å². The maximum Gasteiger partial charge on any atom is 0.311 e. The van der Waals surface area contributed by atoms with E-state index < -0.39 is 10.7 Å². The minimum atomic E-state index is -0.597. The molecule has 7 heteroatoms. The summed E-state index contributed by atoms with van der Waals surface area (Å²) in [6.07, 6.45) is 0. The van der Waals surface area contributed by atoms with Crippen LogP contribution in [0.2, 0.25) is 0 Å². The zero-order valence-corrected chi connectivity index (χ0v) is 13.0. The third-order valence-corrected chi connectivity index (χ3v) is 2.98. The van der Waals surface area contributed by atoms with Crippen LogP contribution < -0.4 is 9.47 Å². The first-order valence-electron chi connectivity index (χ1n) is 6.54. The third kappa shape index (κ3) is 3.83. The summed E-state index contributed by atoms with van der Waals surface area (Å²) in [4.78, 5) is 23.1. The lowest BCUT2D eigenvalue weighted by molar-refractivity contribution is -0.385. The van der Waals surface area contributed by atoms with Gasteiger partial charge in [0.05, 0.1) is 19.1 Å². The zero-order valence-electron chi connectivity index (χ0n) is 13.0. The van der Waals surface area contributed by atoms with Gasteiger partial charge in [-0.3, -0.25) is 14.9 Å². The molecule has 0 heterocycles. The highest BCUT2D eigenvalue weighted by molar-refractivity contribution is 6.13. The van der Waals surface area contributed by atoms with Crippen molar-refractivity contribution in [3.63, 3.8) is 0 Å². The van der Waals surface area contributed by atoms with E-state index in [2.05, 4.69) is 0 Å². The van der Waals surface area contributed by atoms with Gasteiger partial charge in [-0.1, -0.05) is 30.3 Å². The first-order chi connectivity index (χ1) is 11.1. The van der Waals surface area contributed by atoms with Gasteiger partial charge in [-0.05, 0) is 6.07 Å². The number of carbonyl (C=O) groups excluding carboxylic acids is 1. The normalized spacial score (nSPS) is 9.39. The Bertz CT molecular complexity index is 684. The van der Waals surface area contributed by atoms with Crippen molar-refractivity contribution in [1.82, 2.24) is 0 Å². The van der Waals surface area contributed by atoms with Crippen LogP contribution in [0.25, 0.3) is 0 Å². The van der Waals surface area contributed by atoms with Crippen molar-refractivity contribution in [3.8, 4) is 11.5 Å². The second kappa shape index (κ2) is 8.50. The van der Waals surface area contributed by atoms with Gasteiger partial charge in [0.2, 0.25) is 11.5 Å². The molecule has 0 radical (unpaired) electrons. The zero-order chi connectivity index (χ0) is 17.4. The predicted molar refractivity (Wildman–Crippen MR) is 84.2 cm³/mol. The van der Waals surface area contributed by atoms with Gasteiger partial charge in [0.1, 0.15) is 11.3 Å². The van der Waals surface area contributed by atoms with Crippen molar-refractivity contribution >= 4 is 11.5 Å². The molecule has 0 aliphatic rings. The molecule has 1 N–H and O–H groups in total. The second-order valence-corrected chi connectivity index (χ2v) is 4.15. The molecule has 0 unspecified atom stereocenters. The van der Waals surface area contributed by atoms with Crippen LogP contribution in [0.4, 0.5) is 5.69 Å². The highest BCUT2D eigenvalue weighted by Gasteiger charge is 2.27. The molecule has 2 aromatic carbocycles. The van der Waals surface area contributed by atoms with Crippen LogP contribution in [0, 0.1) is 10.1 Å². The Kier molecular flexibility index (Phi) is 6.69. The number of aliphatic hydroxyl groups excluding tert-OH is 1. The van der Waals surface area contributed by atoms with Gasteiger partial charge in [-0.15, -0.1) is 0 Å². The first-order valence-corrected chi connectivity index (χ1v) is 6.54. The Hall–Kier alpha value is -2.93. The number of nitro groups is 1. The maximum atomic E-state index is 12.6. The van der Waals surface area contributed by atoms with Gasteiger partial charge in [-0.2, -0.15) is 0 Å². The molecular weight excluding hydrogens is 302 g/mol. The van der Waals surface area contributed by atoms with E-state index in [1.807, 2.05) is 0 Å². The quantitative estimate of drug-likeness (QED) is 0.516. The number of hydrogen-bond donors (Lipinski definition) is 1. The van der Waals surface area contributed by atoms with Gasteiger partial charge < -0.3 is 14.6 Å². The number of ether oxygens (including phenoxy) is 2. The molecule has 23 heavy (non-hydrogen) atoms. The van der Waals surface area contributed by atoms with Crippen molar-refractivity contribution in [3.05, 3.63) is 63.7 Å². The van der Waals surface area contributed by atoms with Crippen LogP contribution in [-0.2, 0) is 0 Å². The summed E-state index contributed by atoms with van der Waals surface area (Å²) in [6, 6.07) is 11.1. The topological polar surface area (TPSA) is 98.9 Å². The molecule has 0 atom stereocenters. The molecule has 0 saturated carbocycles. The average Bonchev–Trinajstić information content (AvgIpc) is 2.61. The molecule has 0 aliphatic heterocycles. The number of methoxy groups -OCH3 is 2. The summed E-state index contributed by atoms with van der Waals surface area (Å²) in [5.41, 5.74) is 0.160. The van der Waals surface area contributed by atoms with E-state index in [0.29, 0.717) is 5.56 Å². The maximum absolute atomic E-state index is 12.6. The number of ketones is 1. The summed E-state index contributed by atoms with van der Waals surface area (Å²) in [6.45, 7) is 0. The molecule has 2 rings (SSSR count). The number of benzene rings is 2. The molecule has 2 aromatic rings. The van der Waals surface area contributed by atoms with Crippen LogP contribution in [-0.4, -0.2) is 37.1 Å².